The number of thioether (sulfide) groups is 1. The molecule has 0 aromatic heterocycles. The zero-order valence-corrected chi connectivity index (χ0v) is 25.3. The van der Waals surface area contributed by atoms with Crippen LogP contribution in [0.25, 0.3) is 0 Å². The van der Waals surface area contributed by atoms with Gasteiger partial charge in [0.25, 0.3) is 5.91 Å². The second-order valence-corrected chi connectivity index (χ2v) is 13.7. The van der Waals surface area contributed by atoms with Crippen molar-refractivity contribution in [3.63, 3.8) is 0 Å². The fraction of sp³-hybridized carbons (Fsp3) is 0.576. The highest BCUT2D eigenvalue weighted by Crippen LogP contribution is 2.39. The van der Waals surface area contributed by atoms with E-state index in [-0.39, 0.29) is 43.0 Å². The Morgan fingerprint density at radius 3 is 2.43 bits per heavy atom. The number of piperidine rings is 1. The van der Waals surface area contributed by atoms with Gasteiger partial charge in [-0.05, 0) is 88.8 Å². The molecule has 0 unspecified atom stereocenters. The number of phenolic OH excluding ortho intramolecular Hbond substituents is 1. The molecule has 2 aromatic carbocycles. The van der Waals surface area contributed by atoms with Crippen LogP contribution < -0.4 is 10.6 Å². The van der Waals surface area contributed by atoms with Crippen LogP contribution in [0.2, 0.25) is 0 Å². The van der Waals surface area contributed by atoms with E-state index in [0.29, 0.717) is 28.7 Å². The van der Waals surface area contributed by atoms with Gasteiger partial charge in [0.05, 0.1) is 18.2 Å². The molecule has 0 bridgehead atoms. The number of aliphatic hydroxyl groups is 1. The first kappa shape index (κ1) is 33.9. The third kappa shape index (κ3) is 8.94. The lowest BCUT2D eigenvalue weighted by atomic mass is 9.72. The number of halogens is 1. The summed E-state index contributed by atoms with van der Waals surface area (Å²) in [7, 11) is 0. The minimum absolute atomic E-state index is 0. The van der Waals surface area contributed by atoms with Crippen LogP contribution in [-0.2, 0) is 4.79 Å². The highest BCUT2D eigenvalue weighted by atomic mass is 32.2. The van der Waals surface area contributed by atoms with E-state index in [1.165, 1.54) is 42.8 Å². The summed E-state index contributed by atoms with van der Waals surface area (Å²) in [6, 6.07) is 9.89. The molecule has 4 N–H and O–H groups in total. The summed E-state index contributed by atoms with van der Waals surface area (Å²) < 4.78 is 13.5. The van der Waals surface area contributed by atoms with E-state index < -0.39 is 18.1 Å². The van der Waals surface area contributed by atoms with E-state index in [2.05, 4.69) is 15.5 Å². The number of hydrogen-bond acceptors (Lipinski definition) is 6. The smallest absolute Gasteiger partial charge is 0.252 e. The zero-order valence-electron chi connectivity index (χ0n) is 24.5. The molecule has 4 rings (SSSR count). The Morgan fingerprint density at radius 2 is 1.76 bits per heavy atom. The maximum Gasteiger partial charge on any atom is 0.252 e. The van der Waals surface area contributed by atoms with Gasteiger partial charge in [-0.3, -0.25) is 14.5 Å². The van der Waals surface area contributed by atoms with Crippen molar-refractivity contribution in [2.45, 2.75) is 95.8 Å². The lowest BCUT2D eigenvalue weighted by Gasteiger charge is -2.47. The molecule has 7 nitrogen and oxygen atoms in total. The average molecular weight is 602 g/mol. The molecule has 232 valence electrons. The Hall–Kier alpha value is -2.62. The fourth-order valence-corrected chi connectivity index (χ4v) is 7.08. The molecule has 1 aliphatic heterocycles. The quantitative estimate of drug-likeness (QED) is 0.282. The molecule has 1 aliphatic carbocycles. The number of carbonyl (C=O) groups is 2. The molecule has 2 aliphatic rings. The van der Waals surface area contributed by atoms with Crippen molar-refractivity contribution in [3.05, 3.63) is 59.4 Å². The minimum Gasteiger partial charge on any atom is -0.508 e. The van der Waals surface area contributed by atoms with E-state index in [4.69, 9.17) is 0 Å². The van der Waals surface area contributed by atoms with Crippen molar-refractivity contribution < 1.29 is 24.2 Å². The summed E-state index contributed by atoms with van der Waals surface area (Å²) >= 11 is 1.42. The number of amides is 2. The monoisotopic (exact) mass is 601 g/mol. The second-order valence-electron chi connectivity index (χ2n) is 12.6. The summed E-state index contributed by atoms with van der Waals surface area (Å²) in [4.78, 5) is 29.7. The number of rotatable bonds is 9. The van der Waals surface area contributed by atoms with Gasteiger partial charge in [0, 0.05) is 40.4 Å². The number of likely N-dealkylation sites (tertiary alicyclic amines) is 1. The van der Waals surface area contributed by atoms with Crippen LogP contribution in [0.15, 0.2) is 47.4 Å². The van der Waals surface area contributed by atoms with E-state index in [9.17, 15) is 24.2 Å². The molecule has 5 atom stereocenters. The first-order chi connectivity index (χ1) is 19.4. The number of β-amino-alcohol motifs (C(OH)–C–C–N with tert-alkyl or cyclic N) is 1. The van der Waals surface area contributed by atoms with Gasteiger partial charge >= 0.3 is 0 Å². The Labute approximate surface area is 254 Å². The number of fused-ring (bicyclic) bond motifs is 1. The summed E-state index contributed by atoms with van der Waals surface area (Å²) in [5, 5.41) is 27.9. The molecule has 2 aromatic rings. The topological polar surface area (TPSA) is 102 Å². The molecule has 0 spiro atoms. The number of aliphatic hydroxyl groups excluding tert-OH is 1. The predicted molar refractivity (Wildman–Crippen MR) is 167 cm³/mol. The predicted octanol–water partition coefficient (Wildman–Crippen LogP) is 5.52. The molecule has 1 heterocycles. The van der Waals surface area contributed by atoms with Gasteiger partial charge in [-0.15, -0.1) is 11.8 Å². The SMILES string of the molecule is C.Cc1c(O)cccc1C(=O)N[C@@H](CSc1ccc(F)cc1)[C@H](O)CN1C[C@H]2CCCC[C@H]2C[C@H]1C(=O)NC(C)(C)C. The highest BCUT2D eigenvalue weighted by molar-refractivity contribution is 7.99. The largest absolute Gasteiger partial charge is 0.508 e. The first-order valence-electron chi connectivity index (χ1n) is 14.6. The summed E-state index contributed by atoms with van der Waals surface area (Å²) in [5.41, 5.74) is 0.425. The third-order valence-corrected chi connectivity index (χ3v) is 9.43. The Morgan fingerprint density at radius 1 is 1.10 bits per heavy atom. The van der Waals surface area contributed by atoms with E-state index in [1.807, 2.05) is 20.8 Å². The van der Waals surface area contributed by atoms with Crippen LogP contribution >= 0.6 is 11.8 Å². The maximum absolute atomic E-state index is 13.5. The van der Waals surface area contributed by atoms with Gasteiger partial charge in [0.1, 0.15) is 11.6 Å². The molecular formula is C33H48FN3O4S. The molecule has 1 saturated carbocycles. The lowest BCUT2D eigenvalue weighted by Crippen LogP contribution is -2.60. The van der Waals surface area contributed by atoms with Crippen LogP contribution in [-0.4, -0.2) is 69.5 Å². The van der Waals surface area contributed by atoms with Crippen molar-refractivity contribution >= 4 is 23.6 Å². The summed E-state index contributed by atoms with van der Waals surface area (Å²) in [6.45, 7) is 8.56. The Bertz CT molecular complexity index is 1200. The second kappa shape index (κ2) is 14.7. The molecule has 9 heteroatoms. The Kier molecular flexibility index (Phi) is 11.9. The van der Waals surface area contributed by atoms with Crippen molar-refractivity contribution in [2.24, 2.45) is 11.8 Å². The maximum atomic E-state index is 13.5. The molecule has 0 radical (unpaired) electrons. The summed E-state index contributed by atoms with van der Waals surface area (Å²) in [6.07, 6.45) is 4.45. The average Bonchev–Trinajstić information content (AvgIpc) is 2.91. The number of nitrogens with zero attached hydrogens (tertiary/aromatic N) is 1. The van der Waals surface area contributed by atoms with Crippen molar-refractivity contribution in [1.82, 2.24) is 15.5 Å². The van der Waals surface area contributed by atoms with Crippen LogP contribution in [0.5, 0.6) is 5.75 Å². The number of benzene rings is 2. The number of nitrogens with one attached hydrogen (secondary N) is 2. The van der Waals surface area contributed by atoms with Crippen molar-refractivity contribution in [2.75, 3.05) is 18.8 Å². The van der Waals surface area contributed by atoms with Crippen LogP contribution in [0, 0.1) is 24.6 Å². The lowest BCUT2D eigenvalue weighted by molar-refractivity contribution is -0.132. The van der Waals surface area contributed by atoms with Gasteiger partial charge in [-0.25, -0.2) is 4.39 Å². The van der Waals surface area contributed by atoms with E-state index in [0.717, 1.165) is 30.7 Å². The third-order valence-electron chi connectivity index (χ3n) is 8.30. The standard InChI is InChI=1S/C32H44FN3O4S.CH4/c1-20-25(10-7-11-28(20)37)30(39)34-26(19-41-24-14-12-23(33)13-15-24)29(38)18-36-17-22-9-6-5-8-21(22)16-27(36)31(40)35-32(2,3)4;/h7,10-15,21-22,26-27,29,37-38H,5-6,8-9,16-19H2,1-4H3,(H,34,39)(H,35,40);1H4/t21-,22+,26-,27-,29+;/m0./s1. The molecule has 2 amide bonds. The van der Waals surface area contributed by atoms with Crippen molar-refractivity contribution in [1.29, 1.82) is 0 Å². The first-order valence-corrected chi connectivity index (χ1v) is 15.6. The Balaban J connectivity index is 0.00000484. The van der Waals surface area contributed by atoms with Crippen LogP contribution in [0.1, 0.15) is 76.2 Å². The molecular weight excluding hydrogens is 553 g/mol. The van der Waals surface area contributed by atoms with Crippen LogP contribution in [0.3, 0.4) is 0 Å². The minimum atomic E-state index is -0.963. The number of aromatic hydroxyl groups is 1. The fourth-order valence-electron chi connectivity index (χ4n) is 6.08. The number of carbonyl (C=O) groups excluding carboxylic acids is 2. The van der Waals surface area contributed by atoms with Crippen LogP contribution in [0.4, 0.5) is 4.39 Å². The molecule has 2 fully saturated rings. The number of phenols is 1. The number of hydrogen-bond donors (Lipinski definition) is 4. The van der Waals surface area contributed by atoms with Gasteiger partial charge in [0.15, 0.2) is 0 Å². The van der Waals surface area contributed by atoms with Crippen molar-refractivity contribution in [3.8, 4) is 5.75 Å². The summed E-state index contributed by atoms with van der Waals surface area (Å²) in [5.74, 6) is 0.621. The van der Waals surface area contributed by atoms with Gasteiger partial charge in [-0.2, -0.15) is 0 Å². The normalized spacial score (nSPS) is 22.3. The van der Waals surface area contributed by atoms with E-state index >= 15 is 0 Å². The van der Waals surface area contributed by atoms with Gasteiger partial charge in [-0.1, -0.05) is 32.8 Å². The zero-order chi connectivity index (χ0) is 29.7. The molecule has 1 saturated heterocycles. The van der Waals surface area contributed by atoms with Gasteiger partial charge in [0.2, 0.25) is 5.91 Å². The van der Waals surface area contributed by atoms with E-state index in [1.54, 1.807) is 31.2 Å². The van der Waals surface area contributed by atoms with Gasteiger partial charge < -0.3 is 20.8 Å². The highest BCUT2D eigenvalue weighted by Gasteiger charge is 2.41. The molecule has 42 heavy (non-hydrogen) atoms.